The Labute approximate surface area is 187 Å². The standard InChI is InChI=1S/C24H29N5O3/c1-4-32-23(30)19-14-25-29(22(19)28-24(31)26-17-10-6-5-7-11-17)20-13-16(3)18-12-8-9-15(2)21(18)27-20/h8-9,12-14,17H,4-7,10-11H2,1-3H3,(H2,26,28,31). The van der Waals surface area contributed by atoms with Gasteiger partial charge in [0, 0.05) is 11.4 Å². The first-order valence-electron chi connectivity index (χ1n) is 11.2. The molecule has 168 valence electrons. The van der Waals surface area contributed by atoms with Gasteiger partial charge in [-0.05, 0) is 50.8 Å². The Kier molecular flexibility index (Phi) is 6.39. The fourth-order valence-corrected chi connectivity index (χ4v) is 4.23. The van der Waals surface area contributed by atoms with E-state index in [0.29, 0.717) is 5.82 Å². The van der Waals surface area contributed by atoms with Crippen LogP contribution in [0, 0.1) is 13.8 Å². The second-order valence-electron chi connectivity index (χ2n) is 8.24. The number of nitrogens with one attached hydrogen (secondary N) is 2. The summed E-state index contributed by atoms with van der Waals surface area (Å²) in [4.78, 5) is 30.1. The highest BCUT2D eigenvalue weighted by Crippen LogP contribution is 2.26. The minimum Gasteiger partial charge on any atom is -0.462 e. The van der Waals surface area contributed by atoms with E-state index < -0.39 is 5.97 Å². The van der Waals surface area contributed by atoms with Crippen molar-refractivity contribution in [2.24, 2.45) is 0 Å². The quantitative estimate of drug-likeness (QED) is 0.568. The van der Waals surface area contributed by atoms with Crippen LogP contribution in [0.25, 0.3) is 16.7 Å². The SMILES string of the molecule is CCOC(=O)c1cnn(-c2cc(C)c3cccc(C)c3n2)c1NC(=O)NC1CCCCC1. The van der Waals surface area contributed by atoms with Crippen molar-refractivity contribution in [1.82, 2.24) is 20.1 Å². The van der Waals surface area contributed by atoms with Crippen LogP contribution in [-0.2, 0) is 4.74 Å². The van der Waals surface area contributed by atoms with Gasteiger partial charge in [0.25, 0.3) is 0 Å². The Morgan fingerprint density at radius 3 is 2.69 bits per heavy atom. The molecule has 1 saturated carbocycles. The molecule has 0 radical (unpaired) electrons. The van der Waals surface area contributed by atoms with Gasteiger partial charge in [-0.15, -0.1) is 0 Å². The van der Waals surface area contributed by atoms with Crippen molar-refractivity contribution in [2.45, 2.75) is 58.9 Å². The van der Waals surface area contributed by atoms with E-state index in [-0.39, 0.29) is 30.1 Å². The summed E-state index contributed by atoms with van der Waals surface area (Å²) < 4.78 is 6.67. The van der Waals surface area contributed by atoms with Gasteiger partial charge in [0.2, 0.25) is 0 Å². The van der Waals surface area contributed by atoms with E-state index in [4.69, 9.17) is 9.72 Å². The monoisotopic (exact) mass is 435 g/mol. The summed E-state index contributed by atoms with van der Waals surface area (Å²) in [7, 11) is 0. The summed E-state index contributed by atoms with van der Waals surface area (Å²) in [5.41, 5.74) is 3.11. The van der Waals surface area contributed by atoms with Crippen LogP contribution in [0.2, 0.25) is 0 Å². The number of benzene rings is 1. The maximum Gasteiger partial charge on any atom is 0.343 e. The summed E-state index contributed by atoms with van der Waals surface area (Å²) in [6.45, 7) is 5.97. The number of fused-ring (bicyclic) bond motifs is 1. The van der Waals surface area contributed by atoms with E-state index in [9.17, 15) is 9.59 Å². The van der Waals surface area contributed by atoms with Crippen LogP contribution in [0.1, 0.15) is 60.5 Å². The number of rotatable bonds is 5. The lowest BCUT2D eigenvalue weighted by Crippen LogP contribution is -2.39. The third-order valence-corrected chi connectivity index (χ3v) is 5.89. The molecule has 32 heavy (non-hydrogen) atoms. The van der Waals surface area contributed by atoms with Gasteiger partial charge in [-0.2, -0.15) is 9.78 Å². The molecule has 0 bridgehead atoms. The van der Waals surface area contributed by atoms with Crippen molar-refractivity contribution in [3.8, 4) is 5.82 Å². The number of pyridine rings is 1. The molecule has 3 aromatic rings. The number of urea groups is 1. The predicted octanol–water partition coefficient (Wildman–Crippen LogP) is 4.67. The Morgan fingerprint density at radius 1 is 1.16 bits per heavy atom. The molecule has 0 atom stereocenters. The van der Waals surface area contributed by atoms with Gasteiger partial charge in [-0.3, -0.25) is 5.32 Å². The van der Waals surface area contributed by atoms with Gasteiger partial charge in [-0.1, -0.05) is 37.5 Å². The second-order valence-corrected chi connectivity index (χ2v) is 8.24. The summed E-state index contributed by atoms with van der Waals surface area (Å²) in [5.74, 6) is 0.227. The van der Waals surface area contributed by atoms with Gasteiger partial charge in [-0.25, -0.2) is 14.6 Å². The number of anilines is 1. The molecule has 0 saturated heterocycles. The number of carbonyl (C=O) groups is 2. The first-order chi connectivity index (χ1) is 15.5. The Hall–Kier alpha value is -3.42. The summed E-state index contributed by atoms with van der Waals surface area (Å²) in [5, 5.41) is 11.3. The van der Waals surface area contributed by atoms with Crippen molar-refractivity contribution in [1.29, 1.82) is 0 Å². The largest absolute Gasteiger partial charge is 0.462 e. The number of aryl methyl sites for hydroxylation is 2. The van der Waals surface area contributed by atoms with Crippen molar-refractivity contribution in [3.05, 3.63) is 47.2 Å². The normalized spacial score (nSPS) is 14.3. The van der Waals surface area contributed by atoms with Crippen LogP contribution < -0.4 is 10.6 Å². The molecule has 1 aromatic carbocycles. The average Bonchev–Trinajstić information content (AvgIpc) is 3.18. The molecule has 2 aromatic heterocycles. The Morgan fingerprint density at radius 2 is 1.94 bits per heavy atom. The maximum atomic E-state index is 12.8. The van der Waals surface area contributed by atoms with Crippen LogP contribution in [0.4, 0.5) is 10.6 Å². The zero-order valence-electron chi connectivity index (χ0n) is 18.8. The van der Waals surface area contributed by atoms with Crippen LogP contribution in [0.15, 0.2) is 30.5 Å². The number of ether oxygens (including phenoxy) is 1. The number of hydrogen-bond acceptors (Lipinski definition) is 5. The molecule has 8 nitrogen and oxygen atoms in total. The smallest absolute Gasteiger partial charge is 0.343 e. The molecular weight excluding hydrogens is 406 g/mol. The molecular formula is C24H29N5O3. The number of aromatic nitrogens is 3. The lowest BCUT2D eigenvalue weighted by Gasteiger charge is -2.23. The zero-order valence-corrected chi connectivity index (χ0v) is 18.8. The molecule has 2 N–H and O–H groups in total. The van der Waals surface area contributed by atoms with Gasteiger partial charge < -0.3 is 10.1 Å². The van der Waals surface area contributed by atoms with Crippen LogP contribution in [0.3, 0.4) is 0 Å². The van der Waals surface area contributed by atoms with Crippen molar-refractivity contribution >= 4 is 28.7 Å². The highest BCUT2D eigenvalue weighted by Gasteiger charge is 2.24. The minimum absolute atomic E-state index is 0.134. The van der Waals surface area contributed by atoms with Crippen LogP contribution in [0.5, 0.6) is 0 Å². The number of carbonyl (C=O) groups excluding carboxylic acids is 2. The van der Waals surface area contributed by atoms with Gasteiger partial charge >= 0.3 is 12.0 Å². The molecule has 4 rings (SSSR count). The first kappa shape index (κ1) is 21.8. The maximum absolute atomic E-state index is 12.8. The van der Waals surface area contributed by atoms with Gasteiger partial charge in [0.05, 0.1) is 18.3 Å². The van der Waals surface area contributed by atoms with E-state index in [1.807, 2.05) is 38.1 Å². The topological polar surface area (TPSA) is 98.1 Å². The van der Waals surface area contributed by atoms with Gasteiger partial charge in [0.1, 0.15) is 5.56 Å². The third kappa shape index (κ3) is 4.44. The summed E-state index contributed by atoms with van der Waals surface area (Å²) >= 11 is 0. The molecule has 2 heterocycles. The Balaban J connectivity index is 1.72. The molecule has 0 spiro atoms. The molecule has 1 aliphatic carbocycles. The predicted molar refractivity (Wildman–Crippen MR) is 123 cm³/mol. The fraction of sp³-hybridized carbons (Fsp3) is 0.417. The van der Waals surface area contributed by atoms with Crippen LogP contribution >= 0.6 is 0 Å². The highest BCUT2D eigenvalue weighted by atomic mass is 16.5. The number of hydrogen-bond donors (Lipinski definition) is 2. The number of amides is 2. The number of nitrogens with zero attached hydrogens (tertiary/aromatic N) is 3. The van der Waals surface area contributed by atoms with Crippen molar-refractivity contribution in [3.63, 3.8) is 0 Å². The molecule has 0 unspecified atom stereocenters. The molecule has 8 heteroatoms. The summed E-state index contributed by atoms with van der Waals surface area (Å²) in [6, 6.07) is 7.70. The van der Waals surface area contributed by atoms with E-state index in [0.717, 1.165) is 47.7 Å². The third-order valence-electron chi connectivity index (χ3n) is 5.89. The average molecular weight is 436 g/mol. The van der Waals surface area contributed by atoms with E-state index in [2.05, 4.69) is 15.7 Å². The molecule has 1 aliphatic rings. The first-order valence-corrected chi connectivity index (χ1v) is 11.2. The number of esters is 1. The number of para-hydroxylation sites is 1. The molecule has 0 aliphatic heterocycles. The van der Waals surface area contributed by atoms with E-state index in [1.165, 1.54) is 17.3 Å². The van der Waals surface area contributed by atoms with Crippen LogP contribution in [-0.4, -0.2) is 39.4 Å². The van der Waals surface area contributed by atoms with E-state index >= 15 is 0 Å². The molecule has 1 fully saturated rings. The Bertz CT molecular complexity index is 1150. The zero-order chi connectivity index (χ0) is 22.7. The minimum atomic E-state index is -0.541. The lowest BCUT2D eigenvalue weighted by molar-refractivity contribution is 0.0527. The van der Waals surface area contributed by atoms with Crippen molar-refractivity contribution < 1.29 is 14.3 Å². The van der Waals surface area contributed by atoms with Crippen molar-refractivity contribution in [2.75, 3.05) is 11.9 Å². The fourth-order valence-electron chi connectivity index (χ4n) is 4.23. The highest BCUT2D eigenvalue weighted by molar-refractivity contribution is 6.00. The summed E-state index contributed by atoms with van der Waals surface area (Å²) in [6.07, 6.45) is 6.75. The van der Waals surface area contributed by atoms with E-state index in [1.54, 1.807) is 6.92 Å². The molecule has 2 amide bonds. The van der Waals surface area contributed by atoms with Gasteiger partial charge in [0.15, 0.2) is 11.6 Å². The second kappa shape index (κ2) is 9.38. The lowest BCUT2D eigenvalue weighted by atomic mass is 9.96.